The van der Waals surface area contributed by atoms with E-state index in [0.717, 1.165) is 52.3 Å². The maximum absolute atomic E-state index is 13.5. The maximum Gasteiger partial charge on any atom is 0.416 e. The largest absolute Gasteiger partial charge is 0.416 e. The number of nitrogens with one attached hydrogen (secondary N) is 1. The van der Waals surface area contributed by atoms with E-state index in [4.69, 9.17) is 4.98 Å². The summed E-state index contributed by atoms with van der Waals surface area (Å²) < 4.78 is 39.7. The van der Waals surface area contributed by atoms with Crippen LogP contribution in [-0.4, -0.2) is 50.3 Å². The van der Waals surface area contributed by atoms with Crippen molar-refractivity contribution in [2.24, 2.45) is 0 Å². The molecule has 2 amide bonds. The Kier molecular flexibility index (Phi) is 8.40. The second-order valence-corrected chi connectivity index (χ2v) is 13.7. The van der Waals surface area contributed by atoms with Crippen molar-refractivity contribution < 1.29 is 27.9 Å². The topological polar surface area (TPSA) is 107 Å². The minimum atomic E-state index is -4.62. The Morgan fingerprint density at radius 1 is 1.08 bits per heavy atom. The van der Waals surface area contributed by atoms with E-state index < -0.39 is 34.7 Å². The third-order valence-electron chi connectivity index (χ3n) is 9.52. The van der Waals surface area contributed by atoms with E-state index >= 15 is 0 Å². The minimum absolute atomic E-state index is 0.105. The maximum atomic E-state index is 13.5. The number of aromatic nitrogens is 2. The fourth-order valence-electron chi connectivity index (χ4n) is 6.64. The van der Waals surface area contributed by atoms with Crippen LogP contribution in [0.25, 0.3) is 10.8 Å². The SMILES string of the molecule is CN(Cc1cccc2ccccc12)C(=O)c1csc(C2(c3nc4c(c(=O)[nH]3)CN(C(=O)C(O)c3cccc(C(F)(F)F)c3)CCC4)CC2)c1. The Morgan fingerprint density at radius 3 is 2.61 bits per heavy atom. The number of aliphatic hydroxyl groups is 1. The number of benzene rings is 3. The van der Waals surface area contributed by atoms with E-state index in [-0.39, 0.29) is 24.6 Å². The lowest BCUT2D eigenvalue weighted by atomic mass is 10.0. The van der Waals surface area contributed by atoms with E-state index in [1.54, 1.807) is 11.9 Å². The van der Waals surface area contributed by atoms with Crippen molar-refractivity contribution in [2.45, 2.75) is 56.5 Å². The van der Waals surface area contributed by atoms with Crippen LogP contribution in [0.4, 0.5) is 13.2 Å². The number of thiophene rings is 1. The number of aryl methyl sites for hydroxylation is 1. The summed E-state index contributed by atoms with van der Waals surface area (Å²) in [5.41, 5.74) is 0.413. The minimum Gasteiger partial charge on any atom is -0.378 e. The number of hydrogen-bond acceptors (Lipinski definition) is 6. The van der Waals surface area contributed by atoms with E-state index in [1.807, 2.05) is 47.8 Å². The number of halogens is 3. The van der Waals surface area contributed by atoms with Crippen LogP contribution < -0.4 is 5.56 Å². The molecule has 7 rings (SSSR count). The number of carbonyl (C=O) groups is 2. The summed E-state index contributed by atoms with van der Waals surface area (Å²) in [6.45, 7) is 0.529. The molecule has 3 heterocycles. The average Bonchev–Trinajstić information content (AvgIpc) is 3.81. The van der Waals surface area contributed by atoms with E-state index in [1.165, 1.54) is 22.3 Å². The second-order valence-electron chi connectivity index (χ2n) is 12.8. The molecule has 8 nitrogen and oxygen atoms in total. The molecule has 0 radical (unpaired) electrons. The van der Waals surface area contributed by atoms with Crippen LogP contribution in [0.5, 0.6) is 0 Å². The van der Waals surface area contributed by atoms with Gasteiger partial charge in [-0.2, -0.15) is 13.2 Å². The van der Waals surface area contributed by atoms with Crippen molar-refractivity contribution in [3.63, 3.8) is 0 Å². The molecule has 2 aromatic heterocycles. The van der Waals surface area contributed by atoms with Crippen LogP contribution in [0.1, 0.15) is 74.4 Å². The summed E-state index contributed by atoms with van der Waals surface area (Å²) in [4.78, 5) is 52.0. The number of H-pyrrole nitrogens is 1. The number of alkyl halides is 3. The van der Waals surface area contributed by atoms with Crippen LogP contribution in [0.3, 0.4) is 0 Å². The van der Waals surface area contributed by atoms with Gasteiger partial charge in [0.15, 0.2) is 6.10 Å². The molecule has 1 unspecified atom stereocenters. The number of aliphatic hydroxyl groups excluding tert-OH is 1. The lowest BCUT2D eigenvalue weighted by Gasteiger charge is -2.24. The van der Waals surface area contributed by atoms with Gasteiger partial charge in [-0.3, -0.25) is 14.4 Å². The number of rotatable bonds is 7. The van der Waals surface area contributed by atoms with Crippen molar-refractivity contribution in [2.75, 3.05) is 13.6 Å². The Labute approximate surface area is 283 Å². The Balaban J connectivity index is 1.08. The molecule has 1 aliphatic heterocycles. The van der Waals surface area contributed by atoms with Gasteiger partial charge in [-0.05, 0) is 65.8 Å². The van der Waals surface area contributed by atoms with Crippen molar-refractivity contribution >= 4 is 33.9 Å². The van der Waals surface area contributed by atoms with Gasteiger partial charge in [0.2, 0.25) is 0 Å². The highest BCUT2D eigenvalue weighted by atomic mass is 32.1. The number of aromatic amines is 1. The Hall–Kier alpha value is -4.81. The third kappa shape index (κ3) is 6.26. The highest BCUT2D eigenvalue weighted by Crippen LogP contribution is 2.54. The smallest absolute Gasteiger partial charge is 0.378 e. The van der Waals surface area contributed by atoms with Crippen LogP contribution in [0.2, 0.25) is 0 Å². The zero-order chi connectivity index (χ0) is 34.5. The summed E-state index contributed by atoms with van der Waals surface area (Å²) in [7, 11) is 1.78. The standard InChI is InChI=1S/C37H33F3N4O4S/c1-43(19-24-10-4-8-22-7-2-3-12-27(22)24)33(47)25-18-30(49-21-25)36(14-15-36)35-41-29-13-6-16-44(20-28(29)32(46)42-35)34(48)31(45)23-9-5-11-26(17-23)37(38,39)40/h2-5,7-12,17-18,21,31,45H,6,13-16,19-20H2,1H3,(H,41,42,46). The molecular formula is C37H33F3N4O4S. The quantitative estimate of drug-likeness (QED) is 0.207. The van der Waals surface area contributed by atoms with Gasteiger partial charge in [0, 0.05) is 30.4 Å². The first-order valence-electron chi connectivity index (χ1n) is 16.0. The van der Waals surface area contributed by atoms with E-state index in [2.05, 4.69) is 11.1 Å². The van der Waals surface area contributed by atoms with Gasteiger partial charge in [-0.1, -0.05) is 54.6 Å². The van der Waals surface area contributed by atoms with Crippen LogP contribution in [0.15, 0.2) is 83.0 Å². The van der Waals surface area contributed by atoms with E-state index in [9.17, 15) is 32.7 Å². The summed E-state index contributed by atoms with van der Waals surface area (Å²) in [5, 5.41) is 14.8. The Bertz CT molecular complexity index is 2130. The van der Waals surface area contributed by atoms with Crippen molar-refractivity contribution in [3.8, 4) is 0 Å². The average molecular weight is 687 g/mol. The van der Waals surface area contributed by atoms with Crippen molar-refractivity contribution in [1.29, 1.82) is 0 Å². The number of fused-ring (bicyclic) bond motifs is 2. The van der Waals surface area contributed by atoms with Crippen LogP contribution in [0, 0.1) is 0 Å². The number of amides is 2. The van der Waals surface area contributed by atoms with E-state index in [0.29, 0.717) is 42.0 Å². The first-order chi connectivity index (χ1) is 23.4. The van der Waals surface area contributed by atoms with Crippen LogP contribution in [-0.2, 0) is 35.9 Å². The highest BCUT2D eigenvalue weighted by Gasteiger charge is 2.50. The highest BCUT2D eigenvalue weighted by molar-refractivity contribution is 7.10. The van der Waals surface area contributed by atoms with Gasteiger partial charge < -0.3 is 19.9 Å². The Morgan fingerprint density at radius 2 is 1.84 bits per heavy atom. The fraction of sp³-hybridized carbons (Fsp3) is 0.297. The molecule has 2 N–H and O–H groups in total. The second kappa shape index (κ2) is 12.6. The first kappa shape index (κ1) is 32.7. The van der Waals surface area contributed by atoms with Gasteiger partial charge >= 0.3 is 6.18 Å². The normalized spacial score (nSPS) is 16.1. The summed E-state index contributed by atoms with van der Waals surface area (Å²) in [6, 6.07) is 20.1. The molecule has 3 aromatic carbocycles. The summed E-state index contributed by atoms with van der Waals surface area (Å²) >= 11 is 1.46. The molecule has 1 saturated carbocycles. The van der Waals surface area contributed by atoms with Gasteiger partial charge in [0.1, 0.15) is 5.82 Å². The third-order valence-corrected chi connectivity index (χ3v) is 10.7. The molecule has 1 atom stereocenters. The van der Waals surface area contributed by atoms with Gasteiger partial charge in [0.05, 0.1) is 34.3 Å². The number of carbonyl (C=O) groups excluding carboxylic acids is 2. The van der Waals surface area contributed by atoms with Gasteiger partial charge in [-0.15, -0.1) is 11.3 Å². The number of hydrogen-bond donors (Lipinski definition) is 2. The fourth-order valence-corrected chi connectivity index (χ4v) is 7.78. The van der Waals surface area contributed by atoms with Gasteiger partial charge in [-0.25, -0.2) is 4.98 Å². The molecule has 2 aliphatic rings. The number of nitrogens with zero attached hydrogens (tertiary/aromatic N) is 3. The zero-order valence-electron chi connectivity index (χ0n) is 26.6. The molecule has 5 aromatic rings. The van der Waals surface area contributed by atoms with Crippen molar-refractivity contribution in [1.82, 2.24) is 19.8 Å². The molecular weight excluding hydrogens is 653 g/mol. The predicted octanol–water partition coefficient (Wildman–Crippen LogP) is 6.36. The first-order valence-corrected chi connectivity index (χ1v) is 16.9. The molecule has 1 fully saturated rings. The lowest BCUT2D eigenvalue weighted by molar-refractivity contribution is -0.142. The zero-order valence-corrected chi connectivity index (χ0v) is 27.4. The molecule has 0 bridgehead atoms. The lowest BCUT2D eigenvalue weighted by Crippen LogP contribution is -2.36. The summed E-state index contributed by atoms with van der Waals surface area (Å²) in [5.74, 6) is -0.368. The molecule has 0 saturated heterocycles. The monoisotopic (exact) mass is 686 g/mol. The predicted molar refractivity (Wildman–Crippen MR) is 179 cm³/mol. The molecule has 1 aliphatic carbocycles. The molecule has 12 heteroatoms. The summed E-state index contributed by atoms with van der Waals surface area (Å²) in [6.07, 6.45) is -4.06. The van der Waals surface area contributed by atoms with Crippen molar-refractivity contribution in [3.05, 3.63) is 133 Å². The molecule has 252 valence electrons. The van der Waals surface area contributed by atoms with Gasteiger partial charge in [0.25, 0.3) is 17.4 Å². The molecule has 49 heavy (non-hydrogen) atoms. The molecule has 0 spiro atoms. The van der Waals surface area contributed by atoms with Crippen LogP contribution >= 0.6 is 11.3 Å².